The average molecular weight is 315 g/mol. The number of halogens is 2. The van der Waals surface area contributed by atoms with E-state index >= 15 is 0 Å². The third-order valence-corrected chi connectivity index (χ3v) is 4.14. The van der Waals surface area contributed by atoms with Crippen molar-refractivity contribution in [1.82, 2.24) is 4.98 Å². The van der Waals surface area contributed by atoms with E-state index in [2.05, 4.69) is 11.1 Å². The number of benzene rings is 2. The molecule has 3 rings (SSSR count). The van der Waals surface area contributed by atoms with E-state index in [9.17, 15) is 4.39 Å². The molecule has 0 fully saturated rings. The monoisotopic (exact) mass is 314 g/mol. The molecule has 0 atom stereocenters. The second-order valence-electron chi connectivity index (χ2n) is 4.33. The Labute approximate surface area is 130 Å². The van der Waals surface area contributed by atoms with Gasteiger partial charge in [-0.2, -0.15) is 5.26 Å². The summed E-state index contributed by atoms with van der Waals surface area (Å²) in [6, 6.07) is 14.1. The zero-order chi connectivity index (χ0) is 14.8. The highest BCUT2D eigenvalue weighted by Gasteiger charge is 2.13. The van der Waals surface area contributed by atoms with Crippen LogP contribution in [0.2, 0.25) is 5.02 Å². The lowest BCUT2D eigenvalue weighted by Gasteiger charge is -2.00. The van der Waals surface area contributed by atoms with E-state index in [1.54, 1.807) is 30.3 Å². The van der Waals surface area contributed by atoms with Crippen molar-refractivity contribution in [2.45, 2.75) is 0 Å². The van der Waals surface area contributed by atoms with Crippen LogP contribution in [0.5, 0.6) is 0 Å². The highest BCUT2D eigenvalue weighted by atomic mass is 35.5. The number of hydrogen-bond acceptors (Lipinski definition) is 3. The highest BCUT2D eigenvalue weighted by Crippen LogP contribution is 2.32. The van der Waals surface area contributed by atoms with Gasteiger partial charge in [-0.05, 0) is 24.3 Å². The van der Waals surface area contributed by atoms with Crippen LogP contribution in [0.3, 0.4) is 0 Å². The lowest BCUT2D eigenvalue weighted by Crippen LogP contribution is -1.85. The minimum Gasteiger partial charge on any atom is -0.236 e. The lowest BCUT2D eigenvalue weighted by molar-refractivity contribution is 0.631. The fraction of sp³-hybridized carbons (Fsp3) is 0. The highest BCUT2D eigenvalue weighted by molar-refractivity contribution is 7.13. The van der Waals surface area contributed by atoms with Crippen molar-refractivity contribution >= 4 is 22.9 Å². The number of rotatable bonds is 2. The van der Waals surface area contributed by atoms with Gasteiger partial charge in [-0.1, -0.05) is 29.8 Å². The molecule has 0 radical (unpaired) electrons. The number of thiazole rings is 1. The van der Waals surface area contributed by atoms with Crippen LogP contribution < -0.4 is 0 Å². The first-order valence-electron chi connectivity index (χ1n) is 6.09. The summed E-state index contributed by atoms with van der Waals surface area (Å²) < 4.78 is 14.0. The van der Waals surface area contributed by atoms with Crippen molar-refractivity contribution in [3.8, 4) is 27.9 Å². The quantitative estimate of drug-likeness (QED) is 0.656. The molecule has 1 heterocycles. The molecule has 0 amide bonds. The van der Waals surface area contributed by atoms with Gasteiger partial charge in [-0.15, -0.1) is 11.3 Å². The molecule has 0 saturated heterocycles. The van der Waals surface area contributed by atoms with E-state index in [0.29, 0.717) is 21.8 Å². The first kappa shape index (κ1) is 13.7. The Hall–Kier alpha value is -2.22. The minimum atomic E-state index is -0.467. The zero-order valence-corrected chi connectivity index (χ0v) is 12.2. The molecule has 0 aliphatic rings. The van der Waals surface area contributed by atoms with E-state index in [1.165, 1.54) is 17.4 Å². The van der Waals surface area contributed by atoms with Crippen molar-refractivity contribution in [2.24, 2.45) is 0 Å². The average Bonchev–Trinajstić information content (AvgIpc) is 3.00. The number of hydrogen-bond donors (Lipinski definition) is 0. The maximum absolute atomic E-state index is 14.0. The van der Waals surface area contributed by atoms with Crippen LogP contribution in [0.25, 0.3) is 21.8 Å². The molecule has 0 saturated carbocycles. The minimum absolute atomic E-state index is 0.0794. The number of nitriles is 1. The molecular weight excluding hydrogens is 307 g/mol. The van der Waals surface area contributed by atoms with E-state index < -0.39 is 5.82 Å². The van der Waals surface area contributed by atoms with E-state index in [-0.39, 0.29) is 5.02 Å². The Kier molecular flexibility index (Phi) is 3.70. The molecule has 0 unspecified atom stereocenters. The molecule has 0 aliphatic carbocycles. The molecule has 2 nitrogen and oxygen atoms in total. The van der Waals surface area contributed by atoms with Gasteiger partial charge in [0.25, 0.3) is 0 Å². The van der Waals surface area contributed by atoms with E-state index in [1.807, 2.05) is 11.4 Å². The smallest absolute Gasteiger partial charge is 0.152 e. The van der Waals surface area contributed by atoms with Crippen molar-refractivity contribution in [3.63, 3.8) is 0 Å². The summed E-state index contributed by atoms with van der Waals surface area (Å²) in [5.74, 6) is -0.467. The van der Waals surface area contributed by atoms with Crippen LogP contribution >= 0.6 is 22.9 Å². The fourth-order valence-corrected chi connectivity index (χ4v) is 2.97. The fourth-order valence-electron chi connectivity index (χ4n) is 1.95. The molecule has 102 valence electrons. The normalized spacial score (nSPS) is 10.3. The van der Waals surface area contributed by atoms with Gasteiger partial charge in [0, 0.05) is 16.5 Å². The van der Waals surface area contributed by atoms with Gasteiger partial charge in [0.05, 0.1) is 22.3 Å². The van der Waals surface area contributed by atoms with Gasteiger partial charge in [0.2, 0.25) is 0 Å². The zero-order valence-electron chi connectivity index (χ0n) is 10.7. The van der Waals surface area contributed by atoms with Crippen LogP contribution in [-0.4, -0.2) is 4.98 Å². The summed E-state index contributed by atoms with van der Waals surface area (Å²) in [6.45, 7) is 0. The Morgan fingerprint density at radius 2 is 2.00 bits per heavy atom. The second-order valence-corrected chi connectivity index (χ2v) is 5.60. The second kappa shape index (κ2) is 5.65. The third-order valence-electron chi connectivity index (χ3n) is 2.97. The molecule has 5 heteroatoms. The van der Waals surface area contributed by atoms with Crippen LogP contribution in [0.4, 0.5) is 4.39 Å². The standard InChI is InChI=1S/C16H8ClFN2S/c17-13-6-2-5-12(15(13)18)16-20-14(9-21-16)11-4-1-3-10(7-11)8-19/h1-7,9H. The first-order valence-corrected chi connectivity index (χ1v) is 7.35. The van der Waals surface area contributed by atoms with E-state index in [0.717, 1.165) is 5.56 Å². The molecule has 0 spiro atoms. The molecule has 3 aromatic rings. The lowest BCUT2D eigenvalue weighted by atomic mass is 10.1. The Bertz CT molecular complexity index is 851. The number of aromatic nitrogens is 1. The van der Waals surface area contributed by atoms with Crippen LogP contribution in [-0.2, 0) is 0 Å². The van der Waals surface area contributed by atoms with Gasteiger partial charge < -0.3 is 0 Å². The molecule has 21 heavy (non-hydrogen) atoms. The van der Waals surface area contributed by atoms with Crippen molar-refractivity contribution in [1.29, 1.82) is 5.26 Å². The largest absolute Gasteiger partial charge is 0.236 e. The SMILES string of the molecule is N#Cc1cccc(-c2csc(-c3cccc(Cl)c3F)n2)c1. The molecule has 0 bridgehead atoms. The summed E-state index contributed by atoms with van der Waals surface area (Å²) in [4.78, 5) is 4.44. The maximum Gasteiger partial charge on any atom is 0.152 e. The summed E-state index contributed by atoms with van der Waals surface area (Å²) >= 11 is 7.13. The number of nitrogens with zero attached hydrogens (tertiary/aromatic N) is 2. The Morgan fingerprint density at radius 1 is 1.19 bits per heavy atom. The Morgan fingerprint density at radius 3 is 2.81 bits per heavy atom. The summed E-state index contributed by atoms with van der Waals surface area (Å²) in [7, 11) is 0. The van der Waals surface area contributed by atoms with Gasteiger partial charge in [-0.3, -0.25) is 0 Å². The molecule has 0 N–H and O–H groups in total. The van der Waals surface area contributed by atoms with Crippen molar-refractivity contribution in [3.05, 3.63) is 64.2 Å². The van der Waals surface area contributed by atoms with Crippen molar-refractivity contribution < 1.29 is 4.39 Å². The molecular formula is C16H8ClFN2S. The van der Waals surface area contributed by atoms with Gasteiger partial charge >= 0.3 is 0 Å². The van der Waals surface area contributed by atoms with Gasteiger partial charge in [0.15, 0.2) is 5.82 Å². The molecule has 0 aliphatic heterocycles. The summed E-state index contributed by atoms with van der Waals surface area (Å²) in [5.41, 5.74) is 2.50. The predicted octanol–water partition coefficient (Wildman–Crippen LogP) is 5.14. The van der Waals surface area contributed by atoms with Crippen molar-refractivity contribution in [2.75, 3.05) is 0 Å². The van der Waals surface area contributed by atoms with Gasteiger partial charge in [0.1, 0.15) is 5.01 Å². The topological polar surface area (TPSA) is 36.7 Å². The first-order chi connectivity index (χ1) is 10.2. The molecule has 1 aromatic heterocycles. The molecule has 2 aromatic carbocycles. The predicted molar refractivity (Wildman–Crippen MR) is 82.7 cm³/mol. The third kappa shape index (κ3) is 2.66. The Balaban J connectivity index is 2.04. The summed E-state index contributed by atoms with van der Waals surface area (Å²) in [6.07, 6.45) is 0. The van der Waals surface area contributed by atoms with Crippen LogP contribution in [0.1, 0.15) is 5.56 Å². The van der Waals surface area contributed by atoms with Crippen LogP contribution in [0.15, 0.2) is 47.8 Å². The van der Waals surface area contributed by atoms with E-state index in [4.69, 9.17) is 16.9 Å². The summed E-state index contributed by atoms with van der Waals surface area (Å²) in [5, 5.41) is 11.4. The maximum atomic E-state index is 14.0. The van der Waals surface area contributed by atoms with Gasteiger partial charge in [-0.25, -0.2) is 9.37 Å². The van der Waals surface area contributed by atoms with Crippen LogP contribution in [0, 0.1) is 17.1 Å².